The van der Waals surface area contributed by atoms with Gasteiger partial charge in [0.05, 0.1) is 29.5 Å². The number of halogens is 6. The minimum atomic E-state index is -4.92. The first kappa shape index (κ1) is 25.4. The summed E-state index contributed by atoms with van der Waals surface area (Å²) in [4.78, 5) is 3.74. The lowest BCUT2D eigenvalue weighted by atomic mass is 9.82. The third-order valence-corrected chi connectivity index (χ3v) is 5.65. The predicted molar refractivity (Wildman–Crippen MR) is 102 cm³/mol. The number of aliphatic hydroxyl groups is 4. The van der Waals surface area contributed by atoms with E-state index in [1.54, 1.807) is 0 Å². The van der Waals surface area contributed by atoms with Gasteiger partial charge >= 0.3 is 12.4 Å². The minimum absolute atomic E-state index is 0.210. The zero-order valence-corrected chi connectivity index (χ0v) is 17.0. The average molecular weight is 481 g/mol. The highest BCUT2D eigenvalue weighted by Crippen LogP contribution is 2.41. The molecule has 1 aromatic heterocycles. The molecule has 6 nitrogen and oxygen atoms in total. The highest BCUT2D eigenvalue weighted by molar-refractivity contribution is 5.62. The Labute approximate surface area is 184 Å². The summed E-state index contributed by atoms with van der Waals surface area (Å²) in [5, 5.41) is 39.4. The maximum atomic E-state index is 13.9. The summed E-state index contributed by atoms with van der Waals surface area (Å²) in [5.41, 5.74) is -3.15. The standard InChI is InChI=1S/C21H21F6NO5/c1-9(19-18(32)17(31)16(30)15(8-29)33-19)12-3-2-10(6-13(12)21(25,26)27)14-7-11(4-5-28-14)20(22,23)24/h2-7,9,15-19,29-32H,8H2,1H3/t9-,15-,16-,17+,18+,19-/m1/s1. The second kappa shape index (κ2) is 9.18. The molecule has 33 heavy (non-hydrogen) atoms. The van der Waals surface area contributed by atoms with Crippen LogP contribution in [-0.2, 0) is 17.1 Å². The van der Waals surface area contributed by atoms with Gasteiger partial charge in [0.2, 0.25) is 0 Å². The largest absolute Gasteiger partial charge is 0.416 e. The van der Waals surface area contributed by atoms with Gasteiger partial charge in [-0.2, -0.15) is 26.3 Å². The van der Waals surface area contributed by atoms with Crippen molar-refractivity contribution >= 4 is 0 Å². The van der Waals surface area contributed by atoms with Crippen molar-refractivity contribution in [3.8, 4) is 11.3 Å². The molecule has 4 N–H and O–H groups in total. The Kier molecular flexibility index (Phi) is 7.06. The second-order valence-electron chi connectivity index (χ2n) is 7.81. The van der Waals surface area contributed by atoms with Gasteiger partial charge in [-0.25, -0.2) is 0 Å². The number of benzene rings is 1. The molecule has 0 unspecified atom stereocenters. The molecule has 1 fully saturated rings. The van der Waals surface area contributed by atoms with Crippen molar-refractivity contribution in [2.45, 2.75) is 55.7 Å². The molecule has 0 saturated carbocycles. The van der Waals surface area contributed by atoms with Gasteiger partial charge in [0.15, 0.2) is 0 Å². The van der Waals surface area contributed by atoms with Gasteiger partial charge < -0.3 is 25.2 Å². The lowest BCUT2D eigenvalue weighted by Crippen LogP contribution is -2.59. The first-order valence-corrected chi connectivity index (χ1v) is 9.81. The Morgan fingerprint density at radius 3 is 2.18 bits per heavy atom. The van der Waals surface area contributed by atoms with Crippen LogP contribution in [0.2, 0.25) is 0 Å². The molecule has 0 spiro atoms. The number of nitrogens with zero attached hydrogens (tertiary/aromatic N) is 1. The topological polar surface area (TPSA) is 103 Å². The molecule has 0 bridgehead atoms. The fourth-order valence-electron chi connectivity index (χ4n) is 3.84. The Hall–Kier alpha value is -2.25. The molecule has 182 valence electrons. The Bertz CT molecular complexity index is 980. The number of hydrogen-bond acceptors (Lipinski definition) is 6. The highest BCUT2D eigenvalue weighted by Gasteiger charge is 2.47. The van der Waals surface area contributed by atoms with E-state index >= 15 is 0 Å². The fourth-order valence-corrected chi connectivity index (χ4v) is 3.84. The molecule has 1 aliphatic rings. The van der Waals surface area contributed by atoms with Crippen LogP contribution >= 0.6 is 0 Å². The molecule has 6 atom stereocenters. The Morgan fingerprint density at radius 1 is 0.939 bits per heavy atom. The van der Waals surface area contributed by atoms with Crippen LogP contribution in [0.3, 0.4) is 0 Å². The van der Waals surface area contributed by atoms with Crippen molar-refractivity contribution in [1.82, 2.24) is 4.98 Å². The average Bonchev–Trinajstić information content (AvgIpc) is 2.76. The van der Waals surface area contributed by atoms with E-state index in [0.29, 0.717) is 18.2 Å². The third-order valence-electron chi connectivity index (χ3n) is 5.65. The zero-order valence-electron chi connectivity index (χ0n) is 17.0. The summed E-state index contributed by atoms with van der Waals surface area (Å²) in [6, 6.07) is 4.18. The van der Waals surface area contributed by atoms with Gasteiger partial charge in [-0.3, -0.25) is 4.98 Å². The fraction of sp³-hybridized carbons (Fsp3) is 0.476. The van der Waals surface area contributed by atoms with Gasteiger partial charge in [0, 0.05) is 17.7 Å². The predicted octanol–water partition coefficient (Wildman–Crippen LogP) is 2.73. The number of aromatic nitrogens is 1. The number of aliphatic hydroxyl groups excluding tert-OH is 4. The monoisotopic (exact) mass is 481 g/mol. The summed E-state index contributed by atoms with van der Waals surface area (Å²) in [5.74, 6) is -1.18. The summed E-state index contributed by atoms with van der Waals surface area (Å²) < 4.78 is 86.0. The maximum Gasteiger partial charge on any atom is 0.416 e. The molecule has 1 aromatic carbocycles. The molecule has 0 radical (unpaired) electrons. The first-order valence-electron chi connectivity index (χ1n) is 9.81. The van der Waals surface area contributed by atoms with Gasteiger partial charge in [-0.05, 0) is 23.8 Å². The van der Waals surface area contributed by atoms with Crippen LogP contribution in [0.15, 0.2) is 36.5 Å². The van der Waals surface area contributed by atoms with Gasteiger partial charge in [0.1, 0.15) is 24.4 Å². The van der Waals surface area contributed by atoms with Crippen molar-refractivity contribution < 1.29 is 51.5 Å². The van der Waals surface area contributed by atoms with Gasteiger partial charge in [-0.15, -0.1) is 0 Å². The molecular formula is C21H21F6NO5. The van der Waals surface area contributed by atoms with Crippen molar-refractivity contribution in [2.24, 2.45) is 0 Å². The van der Waals surface area contributed by atoms with Crippen LogP contribution in [0.25, 0.3) is 11.3 Å². The van der Waals surface area contributed by atoms with E-state index in [-0.39, 0.29) is 16.8 Å². The molecule has 2 heterocycles. The van der Waals surface area contributed by atoms with Crippen LogP contribution in [0.5, 0.6) is 0 Å². The molecule has 1 aliphatic heterocycles. The Balaban J connectivity index is 2.03. The van der Waals surface area contributed by atoms with Crippen molar-refractivity contribution in [3.63, 3.8) is 0 Å². The zero-order chi connectivity index (χ0) is 24.7. The Morgan fingerprint density at radius 2 is 1.61 bits per heavy atom. The number of ether oxygens (including phenoxy) is 1. The molecule has 2 aromatic rings. The lowest BCUT2D eigenvalue weighted by molar-refractivity contribution is -0.233. The minimum Gasteiger partial charge on any atom is -0.394 e. The summed E-state index contributed by atoms with van der Waals surface area (Å²) >= 11 is 0. The van der Waals surface area contributed by atoms with Crippen LogP contribution in [0.4, 0.5) is 26.3 Å². The van der Waals surface area contributed by atoms with E-state index in [1.807, 2.05) is 0 Å². The normalized spacial score (nSPS) is 27.4. The van der Waals surface area contributed by atoms with E-state index in [1.165, 1.54) is 6.92 Å². The van der Waals surface area contributed by atoms with E-state index in [0.717, 1.165) is 18.3 Å². The molecular weight excluding hydrogens is 460 g/mol. The van der Waals surface area contributed by atoms with Crippen LogP contribution in [0.1, 0.15) is 29.5 Å². The number of alkyl halides is 6. The SMILES string of the molecule is C[C@H](c1ccc(-c2cc(C(F)(F)F)ccn2)cc1C(F)(F)F)[C@H]1O[C@H](CO)[C@@H](O)[C@H](O)[C@@H]1O. The number of hydrogen-bond donors (Lipinski definition) is 4. The molecule has 3 rings (SSSR count). The number of rotatable bonds is 4. The summed E-state index contributed by atoms with van der Waals surface area (Å²) in [6.45, 7) is 0.542. The maximum absolute atomic E-state index is 13.9. The van der Waals surface area contributed by atoms with E-state index in [2.05, 4.69) is 4.98 Å². The van der Waals surface area contributed by atoms with Crippen LogP contribution in [-0.4, -0.2) is 62.5 Å². The molecule has 1 saturated heterocycles. The van der Waals surface area contributed by atoms with Crippen molar-refractivity contribution in [1.29, 1.82) is 0 Å². The van der Waals surface area contributed by atoms with Gasteiger partial charge in [0.25, 0.3) is 0 Å². The first-order chi connectivity index (χ1) is 15.3. The summed E-state index contributed by atoms with van der Waals surface area (Å²) in [7, 11) is 0. The van der Waals surface area contributed by atoms with Crippen LogP contribution < -0.4 is 0 Å². The van der Waals surface area contributed by atoms with E-state index in [9.17, 15) is 46.8 Å². The van der Waals surface area contributed by atoms with Gasteiger partial charge in [-0.1, -0.05) is 19.1 Å². The van der Waals surface area contributed by atoms with E-state index < -0.39 is 66.5 Å². The highest BCUT2D eigenvalue weighted by atomic mass is 19.4. The smallest absolute Gasteiger partial charge is 0.394 e. The lowest BCUT2D eigenvalue weighted by Gasteiger charge is -2.42. The molecule has 12 heteroatoms. The van der Waals surface area contributed by atoms with Crippen molar-refractivity contribution in [3.05, 3.63) is 53.2 Å². The summed E-state index contributed by atoms with van der Waals surface area (Å²) in [6.07, 6.45) is -16.7. The number of pyridine rings is 1. The molecule has 0 aliphatic carbocycles. The second-order valence-corrected chi connectivity index (χ2v) is 7.81. The third kappa shape index (κ3) is 5.14. The van der Waals surface area contributed by atoms with Crippen LogP contribution in [0, 0.1) is 0 Å². The van der Waals surface area contributed by atoms with Crippen molar-refractivity contribution in [2.75, 3.05) is 6.61 Å². The quantitative estimate of drug-likeness (QED) is 0.501. The molecule has 0 amide bonds. The van der Waals surface area contributed by atoms with E-state index in [4.69, 9.17) is 4.74 Å².